The van der Waals surface area contributed by atoms with Crippen molar-refractivity contribution in [1.82, 2.24) is 14.7 Å². The Morgan fingerprint density at radius 2 is 1.65 bits per heavy atom. The third-order valence-corrected chi connectivity index (χ3v) is 7.17. The van der Waals surface area contributed by atoms with Gasteiger partial charge < -0.3 is 15.5 Å². The summed E-state index contributed by atoms with van der Waals surface area (Å²) in [7, 11) is 0. The van der Waals surface area contributed by atoms with Gasteiger partial charge in [-0.05, 0) is 48.2 Å². The molecule has 2 N–H and O–H groups in total. The highest BCUT2D eigenvalue weighted by atomic mass is 35.5. The first-order chi connectivity index (χ1) is 19.2. The molecule has 3 aromatic carbocycles. The molecule has 7 nitrogen and oxygen atoms in total. The zero-order valence-corrected chi connectivity index (χ0v) is 24.3. The van der Waals surface area contributed by atoms with Crippen molar-refractivity contribution in [1.29, 1.82) is 0 Å². The van der Waals surface area contributed by atoms with E-state index in [2.05, 4.69) is 24.5 Å². The van der Waals surface area contributed by atoms with E-state index in [0.29, 0.717) is 45.4 Å². The van der Waals surface area contributed by atoms with Crippen molar-refractivity contribution in [3.8, 4) is 16.9 Å². The predicted octanol–water partition coefficient (Wildman–Crippen LogP) is 8.24. The predicted molar refractivity (Wildman–Crippen MR) is 164 cm³/mol. The van der Waals surface area contributed by atoms with Crippen LogP contribution in [0.1, 0.15) is 45.1 Å². The molecule has 208 valence electrons. The fourth-order valence-corrected chi connectivity index (χ4v) is 4.44. The Bertz CT molecular complexity index is 1450. The Hall–Kier alpha value is -3.81. The molecule has 40 heavy (non-hydrogen) atoms. The fourth-order valence-electron chi connectivity index (χ4n) is 4.14. The van der Waals surface area contributed by atoms with Crippen LogP contribution in [0.3, 0.4) is 0 Å². The van der Waals surface area contributed by atoms with E-state index in [1.54, 1.807) is 28.9 Å². The molecular weight excluding hydrogens is 545 g/mol. The summed E-state index contributed by atoms with van der Waals surface area (Å²) in [4.78, 5) is 28.0. The number of nitrogens with zero attached hydrogens (tertiary/aromatic N) is 3. The molecule has 0 aliphatic heterocycles. The molecule has 0 bridgehead atoms. The number of amides is 3. The molecule has 0 aliphatic carbocycles. The molecule has 1 aromatic heterocycles. The van der Waals surface area contributed by atoms with Gasteiger partial charge in [0, 0.05) is 23.9 Å². The molecule has 4 rings (SSSR count). The average Bonchev–Trinajstić information content (AvgIpc) is 3.36. The van der Waals surface area contributed by atoms with Gasteiger partial charge in [-0.3, -0.25) is 4.79 Å². The van der Waals surface area contributed by atoms with E-state index in [1.807, 2.05) is 61.5 Å². The zero-order chi connectivity index (χ0) is 28.6. The van der Waals surface area contributed by atoms with Gasteiger partial charge in [-0.2, -0.15) is 5.10 Å². The highest BCUT2D eigenvalue weighted by Crippen LogP contribution is 2.29. The van der Waals surface area contributed by atoms with Crippen molar-refractivity contribution in [2.24, 2.45) is 0 Å². The third kappa shape index (κ3) is 7.43. The summed E-state index contributed by atoms with van der Waals surface area (Å²) in [6.45, 7) is 6.61. The Morgan fingerprint density at radius 1 is 0.925 bits per heavy atom. The second-order valence-corrected chi connectivity index (χ2v) is 10.6. The number of carbonyl (C=O) groups is 2. The smallest absolute Gasteiger partial charge is 0.315 e. The molecule has 4 aromatic rings. The summed E-state index contributed by atoms with van der Waals surface area (Å²) < 4.78 is 1.61. The second-order valence-electron chi connectivity index (χ2n) is 9.82. The van der Waals surface area contributed by atoms with E-state index < -0.39 is 0 Å². The van der Waals surface area contributed by atoms with Gasteiger partial charge in [-0.25, -0.2) is 9.48 Å². The van der Waals surface area contributed by atoms with Crippen LogP contribution in [0.4, 0.5) is 16.3 Å². The van der Waals surface area contributed by atoms with Gasteiger partial charge in [0.1, 0.15) is 12.4 Å². The van der Waals surface area contributed by atoms with Gasteiger partial charge in [0.05, 0.1) is 21.4 Å². The van der Waals surface area contributed by atoms with Gasteiger partial charge in [0.15, 0.2) is 0 Å². The number of unbranched alkanes of at least 4 members (excludes halogenated alkanes) is 1. The second kappa shape index (κ2) is 13.5. The minimum Gasteiger partial charge on any atom is -0.315 e. The van der Waals surface area contributed by atoms with Crippen molar-refractivity contribution in [2.45, 2.75) is 39.5 Å². The molecule has 0 spiro atoms. The maximum atomic E-state index is 13.3. The van der Waals surface area contributed by atoms with Crippen LogP contribution >= 0.6 is 23.2 Å². The van der Waals surface area contributed by atoms with Crippen LogP contribution < -0.4 is 10.6 Å². The van der Waals surface area contributed by atoms with Gasteiger partial charge in [-0.1, -0.05) is 92.9 Å². The number of rotatable bonds is 10. The molecule has 9 heteroatoms. The average molecular weight is 579 g/mol. The number of aromatic nitrogens is 2. The molecule has 3 amide bonds. The van der Waals surface area contributed by atoms with Gasteiger partial charge >= 0.3 is 6.03 Å². The van der Waals surface area contributed by atoms with Crippen LogP contribution in [0.5, 0.6) is 0 Å². The molecule has 0 fully saturated rings. The lowest BCUT2D eigenvalue weighted by molar-refractivity contribution is -0.116. The maximum absolute atomic E-state index is 13.3. The number of hydrogen-bond donors (Lipinski definition) is 2. The number of halogens is 2. The van der Waals surface area contributed by atoms with E-state index in [0.717, 1.165) is 18.4 Å². The molecule has 0 atom stereocenters. The Balaban J connectivity index is 1.55. The summed E-state index contributed by atoms with van der Waals surface area (Å²) >= 11 is 12.4. The Labute approximate surface area is 245 Å². The van der Waals surface area contributed by atoms with Crippen LogP contribution in [0, 0.1) is 0 Å². The SMILES string of the molecule is CCCCN(CC(=O)Nc1cc(-c2ccccc2)nn1-c1ccc(Cl)c(Cl)c1)C(=O)Nc1ccc(C(C)C)cc1. The summed E-state index contributed by atoms with van der Waals surface area (Å²) in [5.74, 6) is 0.499. The monoisotopic (exact) mass is 577 g/mol. The largest absolute Gasteiger partial charge is 0.322 e. The molecular formula is C31H33Cl2N5O2. The van der Waals surface area contributed by atoms with Crippen LogP contribution in [0.25, 0.3) is 16.9 Å². The Kier molecular flexibility index (Phi) is 9.85. The van der Waals surface area contributed by atoms with Crippen LogP contribution in [0.15, 0.2) is 78.9 Å². The fraction of sp³-hybridized carbons (Fsp3) is 0.258. The van der Waals surface area contributed by atoms with E-state index >= 15 is 0 Å². The van der Waals surface area contributed by atoms with Gasteiger partial charge in [0.25, 0.3) is 0 Å². The van der Waals surface area contributed by atoms with E-state index in [9.17, 15) is 9.59 Å². The lowest BCUT2D eigenvalue weighted by Gasteiger charge is -2.23. The maximum Gasteiger partial charge on any atom is 0.322 e. The molecule has 0 saturated heterocycles. The van der Waals surface area contributed by atoms with Gasteiger partial charge in [0.2, 0.25) is 5.91 Å². The number of benzene rings is 3. The lowest BCUT2D eigenvalue weighted by atomic mass is 10.0. The molecule has 1 heterocycles. The van der Waals surface area contributed by atoms with E-state index in [1.165, 1.54) is 10.5 Å². The van der Waals surface area contributed by atoms with Crippen molar-refractivity contribution in [2.75, 3.05) is 23.7 Å². The number of nitrogens with one attached hydrogen (secondary N) is 2. The van der Waals surface area contributed by atoms with Crippen LogP contribution in [-0.2, 0) is 4.79 Å². The minimum atomic E-state index is -0.345. The third-order valence-electron chi connectivity index (χ3n) is 6.43. The van der Waals surface area contributed by atoms with Gasteiger partial charge in [-0.15, -0.1) is 0 Å². The first-order valence-corrected chi connectivity index (χ1v) is 14.1. The van der Waals surface area contributed by atoms with Crippen molar-refractivity contribution in [3.63, 3.8) is 0 Å². The zero-order valence-electron chi connectivity index (χ0n) is 22.8. The van der Waals surface area contributed by atoms with Crippen molar-refractivity contribution >= 4 is 46.6 Å². The number of urea groups is 1. The standard InChI is InChI=1S/C31H33Cl2N5O2/c1-4-5-17-37(31(40)34-24-13-11-22(12-14-24)21(2)3)20-30(39)35-29-19-28(23-9-7-6-8-10-23)36-38(29)25-15-16-26(32)27(33)18-25/h6-16,18-19,21H,4-5,17,20H2,1-3H3,(H,34,40)(H,35,39). The number of carbonyl (C=O) groups excluding carboxylic acids is 2. The van der Waals surface area contributed by atoms with Crippen LogP contribution in [0.2, 0.25) is 10.0 Å². The van der Waals surface area contributed by atoms with E-state index in [-0.39, 0.29) is 18.5 Å². The first-order valence-electron chi connectivity index (χ1n) is 13.3. The summed E-state index contributed by atoms with van der Waals surface area (Å²) in [5.41, 5.74) is 4.07. The highest BCUT2D eigenvalue weighted by molar-refractivity contribution is 6.42. The van der Waals surface area contributed by atoms with E-state index in [4.69, 9.17) is 28.3 Å². The highest BCUT2D eigenvalue weighted by Gasteiger charge is 2.20. The summed E-state index contributed by atoms with van der Waals surface area (Å²) in [6, 6.07) is 24.0. The van der Waals surface area contributed by atoms with Crippen molar-refractivity contribution in [3.05, 3.63) is 94.5 Å². The molecule has 0 radical (unpaired) electrons. The quantitative estimate of drug-likeness (QED) is 0.199. The lowest BCUT2D eigenvalue weighted by Crippen LogP contribution is -2.41. The Morgan fingerprint density at radius 3 is 2.30 bits per heavy atom. The number of anilines is 2. The molecule has 0 unspecified atom stereocenters. The molecule has 0 aliphatic rings. The normalized spacial score (nSPS) is 10.9. The van der Waals surface area contributed by atoms with Crippen LogP contribution in [-0.4, -0.2) is 39.7 Å². The summed E-state index contributed by atoms with van der Waals surface area (Å²) in [5, 5.41) is 11.4. The molecule has 0 saturated carbocycles. The minimum absolute atomic E-state index is 0.122. The number of hydrogen-bond acceptors (Lipinski definition) is 3. The first kappa shape index (κ1) is 29.2. The summed E-state index contributed by atoms with van der Waals surface area (Å²) in [6.07, 6.45) is 1.66. The topological polar surface area (TPSA) is 79.3 Å². The van der Waals surface area contributed by atoms with Crippen molar-refractivity contribution < 1.29 is 9.59 Å².